The summed E-state index contributed by atoms with van der Waals surface area (Å²) >= 11 is 0. The number of aliphatic imine (C=N–C) groups is 1. The zero-order valence-corrected chi connectivity index (χ0v) is 20.1. The Kier molecular flexibility index (Phi) is 7.97. The van der Waals surface area contributed by atoms with Gasteiger partial charge in [0, 0.05) is 64.3 Å². The highest BCUT2D eigenvalue weighted by Gasteiger charge is 2.28. The van der Waals surface area contributed by atoms with Crippen molar-refractivity contribution in [1.29, 1.82) is 0 Å². The number of likely N-dealkylation sites (tertiary alicyclic amines) is 1. The van der Waals surface area contributed by atoms with Crippen LogP contribution in [-0.4, -0.2) is 91.1 Å². The first-order valence-electron chi connectivity index (χ1n) is 11.7. The zero-order valence-electron chi connectivity index (χ0n) is 20.1. The van der Waals surface area contributed by atoms with Gasteiger partial charge in [-0.1, -0.05) is 25.9 Å². The van der Waals surface area contributed by atoms with E-state index >= 15 is 0 Å². The molecule has 0 aromatic carbocycles. The van der Waals surface area contributed by atoms with Crippen LogP contribution in [0.5, 0.6) is 0 Å². The molecule has 174 valence electrons. The molecule has 2 aliphatic heterocycles. The van der Waals surface area contributed by atoms with Crippen molar-refractivity contribution >= 4 is 11.9 Å². The molecule has 0 bridgehead atoms. The van der Waals surface area contributed by atoms with Crippen molar-refractivity contribution in [3.63, 3.8) is 0 Å². The number of hydrogen-bond acceptors (Lipinski definition) is 5. The van der Waals surface area contributed by atoms with Gasteiger partial charge < -0.3 is 19.6 Å². The van der Waals surface area contributed by atoms with Crippen molar-refractivity contribution in [3.8, 4) is 0 Å². The molecule has 3 heterocycles. The van der Waals surface area contributed by atoms with E-state index in [0.29, 0.717) is 18.4 Å². The molecule has 3 unspecified atom stereocenters. The number of nitrogens with zero attached hydrogens (tertiary/aromatic N) is 5. The lowest BCUT2D eigenvalue weighted by Crippen LogP contribution is -2.55. The second-order valence-corrected chi connectivity index (χ2v) is 9.57. The van der Waals surface area contributed by atoms with Crippen LogP contribution >= 0.6 is 0 Å². The lowest BCUT2D eigenvalue weighted by atomic mass is 9.92. The molecule has 2 saturated heterocycles. The third-order valence-electron chi connectivity index (χ3n) is 6.61. The number of guanidine groups is 1. The summed E-state index contributed by atoms with van der Waals surface area (Å²) in [5.41, 5.74) is 2.13. The molecule has 0 aliphatic carbocycles. The van der Waals surface area contributed by atoms with Gasteiger partial charge in [0.2, 0.25) is 5.91 Å². The summed E-state index contributed by atoms with van der Waals surface area (Å²) in [5, 5.41) is 7.58. The summed E-state index contributed by atoms with van der Waals surface area (Å²) in [7, 11) is 1.83. The number of piperazine rings is 1. The minimum absolute atomic E-state index is 0.280. The number of rotatable bonds is 5. The van der Waals surface area contributed by atoms with Gasteiger partial charge in [0.1, 0.15) is 5.76 Å². The molecule has 1 amide bonds. The minimum atomic E-state index is 0.280. The summed E-state index contributed by atoms with van der Waals surface area (Å²) in [5.74, 6) is 3.58. The second-order valence-electron chi connectivity index (χ2n) is 9.57. The van der Waals surface area contributed by atoms with Crippen LogP contribution in [0.3, 0.4) is 0 Å². The van der Waals surface area contributed by atoms with Gasteiger partial charge >= 0.3 is 0 Å². The fourth-order valence-electron chi connectivity index (χ4n) is 5.15. The van der Waals surface area contributed by atoms with Crippen molar-refractivity contribution in [3.05, 3.63) is 17.0 Å². The monoisotopic (exact) mass is 432 g/mol. The largest absolute Gasteiger partial charge is 0.361 e. The first-order valence-corrected chi connectivity index (χ1v) is 11.7. The van der Waals surface area contributed by atoms with Gasteiger partial charge in [0.25, 0.3) is 0 Å². The molecule has 2 aliphatic rings. The topological polar surface area (TPSA) is 77.2 Å². The summed E-state index contributed by atoms with van der Waals surface area (Å²) < 4.78 is 5.31. The van der Waals surface area contributed by atoms with E-state index in [0.717, 1.165) is 63.2 Å². The van der Waals surface area contributed by atoms with E-state index in [1.807, 2.05) is 20.9 Å². The molecule has 3 rings (SSSR count). The van der Waals surface area contributed by atoms with Crippen LogP contribution in [0.25, 0.3) is 0 Å². The maximum Gasteiger partial charge on any atom is 0.236 e. The van der Waals surface area contributed by atoms with Crippen molar-refractivity contribution in [2.45, 2.75) is 47.0 Å². The molecule has 0 saturated carbocycles. The molecule has 1 aromatic heterocycles. The third-order valence-corrected chi connectivity index (χ3v) is 6.61. The first-order chi connectivity index (χ1) is 14.8. The van der Waals surface area contributed by atoms with E-state index < -0.39 is 0 Å². The van der Waals surface area contributed by atoms with E-state index in [1.165, 1.54) is 12.0 Å². The van der Waals surface area contributed by atoms with Crippen molar-refractivity contribution in [1.82, 2.24) is 25.2 Å². The second kappa shape index (κ2) is 10.5. The van der Waals surface area contributed by atoms with Gasteiger partial charge in [0.05, 0.1) is 12.2 Å². The quantitative estimate of drug-likeness (QED) is 0.567. The fourth-order valence-corrected chi connectivity index (χ4v) is 5.15. The molecule has 0 radical (unpaired) electrons. The summed E-state index contributed by atoms with van der Waals surface area (Å²) in [6.45, 7) is 17.3. The van der Waals surface area contributed by atoms with Crippen molar-refractivity contribution in [2.24, 2.45) is 16.8 Å². The Morgan fingerprint density at radius 2 is 1.81 bits per heavy atom. The Balaban J connectivity index is 1.45. The number of carbonyl (C=O) groups is 1. The van der Waals surface area contributed by atoms with Crippen LogP contribution in [0.2, 0.25) is 0 Å². The SMILES string of the molecule is CN=C(NCC(C)c1c(C)noc1C)N1CCN(CC(=O)N2CC(C)CC(C)C2)CC1. The molecule has 31 heavy (non-hydrogen) atoms. The summed E-state index contributed by atoms with van der Waals surface area (Å²) in [6, 6.07) is 0. The van der Waals surface area contributed by atoms with E-state index in [4.69, 9.17) is 4.52 Å². The van der Waals surface area contributed by atoms with Gasteiger partial charge in [-0.3, -0.25) is 14.7 Å². The summed E-state index contributed by atoms with van der Waals surface area (Å²) in [6.07, 6.45) is 1.23. The van der Waals surface area contributed by atoms with Crippen LogP contribution in [0.1, 0.15) is 50.1 Å². The average molecular weight is 433 g/mol. The smallest absolute Gasteiger partial charge is 0.236 e. The number of aryl methyl sites for hydroxylation is 2. The Bertz CT molecular complexity index is 739. The predicted octanol–water partition coefficient (Wildman–Crippen LogP) is 2.09. The first kappa shape index (κ1) is 23.6. The zero-order chi connectivity index (χ0) is 22.5. The van der Waals surface area contributed by atoms with Crippen LogP contribution in [0, 0.1) is 25.7 Å². The van der Waals surface area contributed by atoms with Crippen LogP contribution in [0.15, 0.2) is 9.52 Å². The molecule has 2 fully saturated rings. The number of amides is 1. The Morgan fingerprint density at radius 1 is 1.16 bits per heavy atom. The normalized spacial score (nSPS) is 24.4. The van der Waals surface area contributed by atoms with Crippen molar-refractivity contribution in [2.75, 3.05) is 59.4 Å². The lowest BCUT2D eigenvalue weighted by Gasteiger charge is -2.39. The third kappa shape index (κ3) is 5.99. The highest BCUT2D eigenvalue weighted by molar-refractivity contribution is 5.80. The average Bonchev–Trinajstić information content (AvgIpc) is 3.06. The highest BCUT2D eigenvalue weighted by atomic mass is 16.5. The van der Waals surface area contributed by atoms with Gasteiger partial charge in [-0.15, -0.1) is 0 Å². The molecule has 1 N–H and O–H groups in total. The van der Waals surface area contributed by atoms with Crippen LogP contribution in [0.4, 0.5) is 0 Å². The minimum Gasteiger partial charge on any atom is -0.361 e. The molecule has 1 aromatic rings. The lowest BCUT2D eigenvalue weighted by molar-refractivity contribution is -0.135. The molecule has 3 atom stereocenters. The fraction of sp³-hybridized carbons (Fsp3) is 0.783. The summed E-state index contributed by atoms with van der Waals surface area (Å²) in [4.78, 5) is 23.9. The van der Waals surface area contributed by atoms with Crippen molar-refractivity contribution < 1.29 is 9.32 Å². The van der Waals surface area contributed by atoms with Crippen LogP contribution < -0.4 is 5.32 Å². The van der Waals surface area contributed by atoms with Gasteiger partial charge in [-0.25, -0.2) is 0 Å². The predicted molar refractivity (Wildman–Crippen MR) is 123 cm³/mol. The number of piperidine rings is 1. The van der Waals surface area contributed by atoms with E-state index in [9.17, 15) is 4.79 Å². The maximum atomic E-state index is 12.8. The number of nitrogens with one attached hydrogen (secondary N) is 1. The van der Waals surface area contributed by atoms with Gasteiger partial charge in [-0.2, -0.15) is 0 Å². The highest BCUT2D eigenvalue weighted by Crippen LogP contribution is 2.23. The van der Waals surface area contributed by atoms with E-state index in [2.05, 4.69) is 50.9 Å². The molecule has 0 spiro atoms. The number of hydrogen-bond donors (Lipinski definition) is 1. The van der Waals surface area contributed by atoms with Crippen LogP contribution in [-0.2, 0) is 4.79 Å². The number of carbonyl (C=O) groups excluding carboxylic acids is 1. The molecule has 8 nitrogen and oxygen atoms in total. The Labute approximate surface area is 187 Å². The number of aromatic nitrogens is 1. The van der Waals surface area contributed by atoms with Gasteiger partial charge in [-0.05, 0) is 32.1 Å². The van der Waals surface area contributed by atoms with Gasteiger partial charge in [0.15, 0.2) is 5.96 Å². The molecular weight excluding hydrogens is 392 g/mol. The standard InChI is InChI=1S/C23H40N6O2/c1-16-11-17(2)14-29(13-16)21(30)15-27-7-9-28(10-8-27)23(24-6)25-12-18(3)22-19(4)26-31-20(22)5/h16-18H,7-15H2,1-6H3,(H,24,25). The molecule has 8 heteroatoms. The molecular formula is C23H40N6O2. The maximum absolute atomic E-state index is 12.8. The van der Waals surface area contributed by atoms with E-state index in [-0.39, 0.29) is 11.8 Å². The van der Waals surface area contributed by atoms with E-state index in [1.54, 1.807) is 0 Å². The Morgan fingerprint density at radius 3 is 2.35 bits per heavy atom. The Hall–Kier alpha value is -2.09.